The van der Waals surface area contributed by atoms with Gasteiger partial charge in [0.05, 0.1) is 15.6 Å². The van der Waals surface area contributed by atoms with Gasteiger partial charge in [-0.05, 0) is 56.5 Å². The number of nitrogens with zero attached hydrogens (tertiary/aromatic N) is 1. The topological polar surface area (TPSA) is 110 Å². The van der Waals surface area contributed by atoms with Crippen LogP contribution in [0.15, 0.2) is 18.2 Å². The lowest BCUT2D eigenvalue weighted by molar-refractivity contribution is -0.386. The monoisotopic (exact) mass is 374 g/mol. The van der Waals surface area contributed by atoms with Gasteiger partial charge in [0.2, 0.25) is 0 Å². The number of anilines is 1. The molecule has 0 aliphatic carbocycles. The van der Waals surface area contributed by atoms with E-state index in [1.165, 1.54) is 13.0 Å². The van der Waals surface area contributed by atoms with E-state index in [2.05, 4.69) is 0 Å². The average molecular weight is 375 g/mol. The fraction of sp³-hybridized carbons (Fsp3) is 0.250. The number of halogens is 2. The highest BCUT2D eigenvalue weighted by molar-refractivity contribution is 6.32. The Morgan fingerprint density at radius 2 is 1.58 bits per heavy atom. The molecule has 0 spiro atoms. The molecule has 0 saturated carbocycles. The fourth-order valence-corrected chi connectivity index (χ4v) is 2.26. The van der Waals surface area contributed by atoms with Gasteiger partial charge in [0.25, 0.3) is 0 Å². The minimum absolute atomic E-state index is 0. The minimum atomic E-state index is -0.643. The minimum Gasteiger partial charge on any atom is -0.506 e. The van der Waals surface area contributed by atoms with Crippen molar-refractivity contribution in [2.45, 2.75) is 27.7 Å². The van der Waals surface area contributed by atoms with Crippen molar-refractivity contribution in [2.75, 3.05) is 5.73 Å². The molecule has 2 aromatic rings. The highest BCUT2D eigenvalue weighted by Gasteiger charge is 2.20. The molecule has 4 N–H and O–H groups in total. The van der Waals surface area contributed by atoms with Crippen molar-refractivity contribution in [3.63, 3.8) is 0 Å². The van der Waals surface area contributed by atoms with Gasteiger partial charge in [0.1, 0.15) is 5.75 Å². The van der Waals surface area contributed by atoms with Crippen LogP contribution in [0.4, 0.5) is 11.4 Å². The van der Waals surface area contributed by atoms with Crippen LogP contribution >= 0.6 is 24.0 Å². The van der Waals surface area contributed by atoms with E-state index >= 15 is 0 Å². The van der Waals surface area contributed by atoms with Crippen LogP contribution in [0.2, 0.25) is 5.02 Å². The Bertz CT molecular complexity index is 741. The zero-order chi connectivity index (χ0) is 17.9. The molecule has 0 aliphatic heterocycles. The number of hydrogen-bond donors (Lipinski definition) is 3. The molecular formula is C16H20Cl2N2O4. The normalized spacial score (nSPS) is 9.54. The van der Waals surface area contributed by atoms with E-state index in [1.54, 1.807) is 13.0 Å². The SMILES string of the molecule is Cc1cc(C)c(N)c(O)c1.Cc1cc(O)c([N+](=O)[O-])c(C)c1Cl.Cl. The summed E-state index contributed by atoms with van der Waals surface area (Å²) in [5.74, 6) is -0.165. The van der Waals surface area contributed by atoms with Crippen LogP contribution in [0, 0.1) is 37.8 Å². The first-order valence-corrected chi connectivity index (χ1v) is 7.12. The third kappa shape index (κ3) is 4.91. The van der Waals surface area contributed by atoms with Crippen LogP contribution in [-0.4, -0.2) is 15.1 Å². The number of benzene rings is 2. The first kappa shape index (κ1) is 21.8. The number of nitro benzene ring substituents is 1. The summed E-state index contributed by atoms with van der Waals surface area (Å²) in [7, 11) is 0. The van der Waals surface area contributed by atoms with Crippen molar-refractivity contribution in [1.82, 2.24) is 0 Å². The molecule has 8 heteroatoms. The van der Waals surface area contributed by atoms with Gasteiger partial charge in [-0.15, -0.1) is 12.4 Å². The number of aryl methyl sites for hydroxylation is 3. The molecule has 132 valence electrons. The number of rotatable bonds is 1. The Balaban J connectivity index is 0.000000436. The van der Waals surface area contributed by atoms with Gasteiger partial charge < -0.3 is 15.9 Å². The van der Waals surface area contributed by atoms with Crippen LogP contribution in [-0.2, 0) is 0 Å². The standard InChI is InChI=1S/C8H8ClNO3.C8H11NO.ClH/c1-4-3-6(11)8(10(12)13)5(2)7(4)9;1-5-3-6(2)8(9)7(10)4-5;/h3,11H,1-2H3;3-4,10H,9H2,1-2H3;1H. The Morgan fingerprint density at radius 1 is 1.04 bits per heavy atom. The molecule has 0 unspecified atom stereocenters. The lowest BCUT2D eigenvalue weighted by atomic mass is 10.1. The average Bonchev–Trinajstić information content (AvgIpc) is 2.42. The van der Waals surface area contributed by atoms with Gasteiger partial charge in [-0.2, -0.15) is 0 Å². The molecule has 0 bridgehead atoms. The van der Waals surface area contributed by atoms with Gasteiger partial charge in [0.15, 0.2) is 5.75 Å². The van der Waals surface area contributed by atoms with E-state index in [1.807, 2.05) is 19.9 Å². The van der Waals surface area contributed by atoms with Crippen molar-refractivity contribution >= 4 is 35.4 Å². The van der Waals surface area contributed by atoms with E-state index < -0.39 is 4.92 Å². The Labute approximate surface area is 151 Å². The fourth-order valence-electron chi connectivity index (χ4n) is 2.12. The van der Waals surface area contributed by atoms with Gasteiger partial charge in [-0.25, -0.2) is 0 Å². The maximum atomic E-state index is 10.5. The number of phenols is 2. The van der Waals surface area contributed by atoms with E-state index in [-0.39, 0.29) is 29.6 Å². The summed E-state index contributed by atoms with van der Waals surface area (Å²) in [5.41, 5.74) is 8.54. The second-order valence-corrected chi connectivity index (χ2v) is 5.65. The number of nitrogens with two attached hydrogens (primary N) is 1. The smallest absolute Gasteiger partial charge is 0.315 e. The lowest BCUT2D eigenvalue weighted by Crippen LogP contribution is -1.94. The van der Waals surface area contributed by atoms with Crippen LogP contribution in [0.5, 0.6) is 11.5 Å². The lowest BCUT2D eigenvalue weighted by Gasteiger charge is -2.04. The maximum absolute atomic E-state index is 10.5. The third-order valence-electron chi connectivity index (χ3n) is 3.32. The molecular weight excluding hydrogens is 355 g/mol. The van der Waals surface area contributed by atoms with Gasteiger partial charge in [-0.3, -0.25) is 10.1 Å². The van der Waals surface area contributed by atoms with Crippen molar-refractivity contribution in [3.8, 4) is 11.5 Å². The zero-order valence-corrected chi connectivity index (χ0v) is 15.3. The van der Waals surface area contributed by atoms with Crippen molar-refractivity contribution in [2.24, 2.45) is 0 Å². The molecule has 6 nitrogen and oxygen atoms in total. The molecule has 0 atom stereocenters. The predicted octanol–water partition coefficient (Wildman–Crippen LogP) is 4.58. The molecule has 0 fully saturated rings. The second-order valence-electron chi connectivity index (χ2n) is 5.27. The largest absolute Gasteiger partial charge is 0.506 e. The number of hydrogen-bond acceptors (Lipinski definition) is 5. The van der Waals surface area contributed by atoms with Gasteiger partial charge in [-0.1, -0.05) is 17.7 Å². The van der Waals surface area contributed by atoms with Crippen LogP contribution in [0.25, 0.3) is 0 Å². The van der Waals surface area contributed by atoms with E-state index in [9.17, 15) is 15.2 Å². The quantitative estimate of drug-likeness (QED) is 0.292. The molecule has 0 amide bonds. The molecule has 0 radical (unpaired) electrons. The van der Waals surface area contributed by atoms with Crippen LogP contribution in [0.1, 0.15) is 22.3 Å². The number of aromatic hydroxyl groups is 2. The molecule has 0 aromatic heterocycles. The zero-order valence-electron chi connectivity index (χ0n) is 13.8. The predicted molar refractivity (Wildman–Crippen MR) is 98.5 cm³/mol. The molecule has 2 rings (SSSR count). The summed E-state index contributed by atoms with van der Waals surface area (Å²) in [6.45, 7) is 6.99. The van der Waals surface area contributed by atoms with E-state index in [0.717, 1.165) is 11.1 Å². The Kier molecular flexibility index (Phi) is 7.83. The summed E-state index contributed by atoms with van der Waals surface area (Å²) in [6, 6.07) is 4.88. The van der Waals surface area contributed by atoms with E-state index in [0.29, 0.717) is 21.8 Å². The van der Waals surface area contributed by atoms with E-state index in [4.69, 9.17) is 22.4 Å². The molecule has 2 aromatic carbocycles. The molecule has 0 aliphatic rings. The highest BCUT2D eigenvalue weighted by atomic mass is 35.5. The summed E-state index contributed by atoms with van der Waals surface area (Å²) < 4.78 is 0. The molecule has 24 heavy (non-hydrogen) atoms. The van der Waals surface area contributed by atoms with Crippen LogP contribution in [0.3, 0.4) is 0 Å². The third-order valence-corrected chi connectivity index (χ3v) is 3.90. The van der Waals surface area contributed by atoms with Crippen molar-refractivity contribution < 1.29 is 15.1 Å². The number of nitrogen functional groups attached to an aromatic ring is 1. The first-order valence-electron chi connectivity index (χ1n) is 6.75. The Morgan fingerprint density at radius 3 is 2.04 bits per heavy atom. The first-order chi connectivity index (χ1) is 10.6. The summed E-state index contributed by atoms with van der Waals surface area (Å²) >= 11 is 5.78. The number of nitro groups is 1. The summed E-state index contributed by atoms with van der Waals surface area (Å²) in [6.07, 6.45) is 0. The highest BCUT2D eigenvalue weighted by Crippen LogP contribution is 2.36. The Hall–Kier alpha value is -2.18. The summed E-state index contributed by atoms with van der Waals surface area (Å²) in [5, 5.41) is 29.2. The van der Waals surface area contributed by atoms with Crippen LogP contribution < -0.4 is 5.73 Å². The molecule has 0 saturated heterocycles. The molecule has 0 heterocycles. The van der Waals surface area contributed by atoms with Gasteiger partial charge >= 0.3 is 5.69 Å². The second kappa shape index (κ2) is 8.61. The summed E-state index contributed by atoms with van der Waals surface area (Å²) in [4.78, 5) is 9.85. The van der Waals surface area contributed by atoms with Crippen molar-refractivity contribution in [1.29, 1.82) is 0 Å². The van der Waals surface area contributed by atoms with Crippen molar-refractivity contribution in [3.05, 3.63) is 55.6 Å². The van der Waals surface area contributed by atoms with Gasteiger partial charge in [0, 0.05) is 5.56 Å². The maximum Gasteiger partial charge on any atom is 0.315 e. The number of phenolic OH excluding ortho intramolecular Hbond substituents is 2.